The maximum atomic E-state index is 12.0. The average molecular weight is 330 g/mol. The molecule has 1 N–H and O–H groups in total. The van der Waals surface area contributed by atoms with E-state index in [0.29, 0.717) is 31.4 Å². The van der Waals surface area contributed by atoms with Crippen LogP contribution in [-0.4, -0.2) is 30.8 Å². The number of benzene rings is 1. The van der Waals surface area contributed by atoms with Gasteiger partial charge < -0.3 is 19.3 Å². The van der Waals surface area contributed by atoms with Crippen molar-refractivity contribution in [2.75, 3.05) is 19.8 Å². The molecule has 3 rings (SSSR count). The van der Waals surface area contributed by atoms with E-state index in [1.807, 2.05) is 31.2 Å². The van der Waals surface area contributed by atoms with Crippen molar-refractivity contribution >= 4 is 5.91 Å². The zero-order chi connectivity index (χ0) is 16.8. The maximum Gasteiger partial charge on any atom is 0.273 e. The standard InChI is InChI=1S/C18H22N2O4/c1-13-2-4-14(5-3-13)10-23-12-16-8-17(20-24-16)18(21)19-9-15-6-7-22-11-15/h2-5,8,15H,6-7,9-12H2,1H3,(H,19,21). The molecule has 1 fully saturated rings. The van der Waals surface area contributed by atoms with E-state index in [2.05, 4.69) is 10.5 Å². The van der Waals surface area contributed by atoms with Crippen LogP contribution in [0, 0.1) is 12.8 Å². The van der Waals surface area contributed by atoms with Crippen molar-refractivity contribution in [1.29, 1.82) is 0 Å². The van der Waals surface area contributed by atoms with Crippen molar-refractivity contribution in [3.05, 3.63) is 52.9 Å². The van der Waals surface area contributed by atoms with Gasteiger partial charge >= 0.3 is 0 Å². The number of amides is 1. The topological polar surface area (TPSA) is 73.6 Å². The number of hydrogen-bond acceptors (Lipinski definition) is 5. The Morgan fingerprint density at radius 3 is 2.92 bits per heavy atom. The van der Waals surface area contributed by atoms with Crippen LogP contribution in [0.4, 0.5) is 0 Å². The normalized spacial score (nSPS) is 17.1. The van der Waals surface area contributed by atoms with Gasteiger partial charge in [0.05, 0.1) is 13.2 Å². The maximum absolute atomic E-state index is 12.0. The molecule has 1 atom stereocenters. The quantitative estimate of drug-likeness (QED) is 0.844. The fraction of sp³-hybridized carbons (Fsp3) is 0.444. The SMILES string of the molecule is Cc1ccc(COCc2cc(C(=O)NCC3CCOC3)no2)cc1. The fourth-order valence-electron chi connectivity index (χ4n) is 2.51. The van der Waals surface area contributed by atoms with Crippen LogP contribution >= 0.6 is 0 Å². The van der Waals surface area contributed by atoms with Crippen LogP contribution in [0.2, 0.25) is 0 Å². The van der Waals surface area contributed by atoms with Crippen LogP contribution < -0.4 is 5.32 Å². The summed E-state index contributed by atoms with van der Waals surface area (Å²) in [6.07, 6.45) is 0.983. The third-order valence-corrected chi connectivity index (χ3v) is 4.00. The first-order chi connectivity index (χ1) is 11.7. The van der Waals surface area contributed by atoms with E-state index in [1.54, 1.807) is 6.07 Å². The fourth-order valence-corrected chi connectivity index (χ4v) is 2.51. The second kappa shape index (κ2) is 8.08. The van der Waals surface area contributed by atoms with Crippen molar-refractivity contribution < 1.29 is 18.8 Å². The van der Waals surface area contributed by atoms with Crippen LogP contribution in [0.5, 0.6) is 0 Å². The van der Waals surface area contributed by atoms with E-state index >= 15 is 0 Å². The number of hydrogen-bond donors (Lipinski definition) is 1. The van der Waals surface area contributed by atoms with Gasteiger partial charge in [0.1, 0.15) is 6.61 Å². The Kier molecular flexibility index (Phi) is 5.61. The Balaban J connectivity index is 1.42. The number of aromatic nitrogens is 1. The molecule has 24 heavy (non-hydrogen) atoms. The molecule has 1 aliphatic rings. The van der Waals surface area contributed by atoms with E-state index in [0.717, 1.165) is 18.6 Å². The lowest BCUT2D eigenvalue weighted by Crippen LogP contribution is -2.29. The van der Waals surface area contributed by atoms with Gasteiger partial charge in [-0.3, -0.25) is 4.79 Å². The lowest BCUT2D eigenvalue weighted by Gasteiger charge is -2.07. The zero-order valence-electron chi connectivity index (χ0n) is 13.8. The molecule has 1 amide bonds. The summed E-state index contributed by atoms with van der Waals surface area (Å²) in [4.78, 5) is 12.0. The molecule has 0 aliphatic carbocycles. The van der Waals surface area contributed by atoms with E-state index in [9.17, 15) is 4.79 Å². The molecule has 1 aromatic heterocycles. The number of ether oxygens (including phenoxy) is 2. The lowest BCUT2D eigenvalue weighted by molar-refractivity contribution is 0.0876. The first-order valence-corrected chi connectivity index (χ1v) is 8.15. The van der Waals surface area contributed by atoms with Gasteiger partial charge in [0.25, 0.3) is 5.91 Å². The molecule has 128 valence electrons. The summed E-state index contributed by atoms with van der Waals surface area (Å²) in [5, 5.41) is 6.66. The Morgan fingerprint density at radius 2 is 2.17 bits per heavy atom. The third-order valence-electron chi connectivity index (χ3n) is 4.00. The van der Waals surface area contributed by atoms with Crippen LogP contribution in [0.25, 0.3) is 0 Å². The molecule has 0 bridgehead atoms. The molecule has 0 saturated carbocycles. The molecule has 2 heterocycles. The summed E-state index contributed by atoms with van der Waals surface area (Å²) < 4.78 is 16.0. The monoisotopic (exact) mass is 330 g/mol. The smallest absolute Gasteiger partial charge is 0.273 e. The molecule has 1 unspecified atom stereocenters. The molecule has 1 aliphatic heterocycles. The molecular formula is C18H22N2O4. The summed E-state index contributed by atoms with van der Waals surface area (Å²) in [5.41, 5.74) is 2.59. The minimum absolute atomic E-state index is 0.226. The number of rotatable bonds is 7. The summed E-state index contributed by atoms with van der Waals surface area (Å²) in [5.74, 6) is 0.699. The van der Waals surface area contributed by atoms with Crippen molar-refractivity contribution in [1.82, 2.24) is 10.5 Å². The molecular weight excluding hydrogens is 308 g/mol. The summed E-state index contributed by atoms with van der Waals surface area (Å²) >= 11 is 0. The van der Waals surface area contributed by atoms with Gasteiger partial charge in [-0.2, -0.15) is 0 Å². The second-order valence-electron chi connectivity index (χ2n) is 6.10. The lowest BCUT2D eigenvalue weighted by atomic mass is 10.1. The van der Waals surface area contributed by atoms with Gasteiger partial charge in [0.15, 0.2) is 11.5 Å². The summed E-state index contributed by atoms with van der Waals surface area (Å²) in [6, 6.07) is 9.77. The zero-order valence-corrected chi connectivity index (χ0v) is 13.8. The van der Waals surface area contributed by atoms with Gasteiger partial charge in [0.2, 0.25) is 0 Å². The van der Waals surface area contributed by atoms with Gasteiger partial charge in [-0.05, 0) is 18.9 Å². The van der Waals surface area contributed by atoms with E-state index in [-0.39, 0.29) is 18.2 Å². The Hall–Kier alpha value is -2.18. The van der Waals surface area contributed by atoms with Crippen LogP contribution in [0.3, 0.4) is 0 Å². The highest BCUT2D eigenvalue weighted by Crippen LogP contribution is 2.12. The first kappa shape index (κ1) is 16.7. The molecule has 2 aromatic rings. The highest BCUT2D eigenvalue weighted by molar-refractivity contribution is 5.92. The van der Waals surface area contributed by atoms with Crippen LogP contribution in [0.1, 0.15) is 33.8 Å². The Labute approximate surface area is 141 Å². The van der Waals surface area contributed by atoms with Gasteiger partial charge in [-0.25, -0.2) is 0 Å². The number of carbonyl (C=O) groups is 1. The third kappa shape index (κ3) is 4.66. The van der Waals surface area contributed by atoms with E-state index < -0.39 is 0 Å². The summed E-state index contributed by atoms with van der Waals surface area (Å²) in [6.45, 7) is 4.90. The number of aryl methyl sites for hydroxylation is 1. The predicted octanol–water partition coefficient (Wildman–Crippen LogP) is 2.47. The highest BCUT2D eigenvalue weighted by atomic mass is 16.5. The Morgan fingerprint density at radius 1 is 1.33 bits per heavy atom. The van der Waals surface area contributed by atoms with Crippen molar-refractivity contribution in [2.24, 2.45) is 5.92 Å². The van der Waals surface area contributed by atoms with Crippen molar-refractivity contribution in [3.63, 3.8) is 0 Å². The molecule has 0 radical (unpaired) electrons. The second-order valence-corrected chi connectivity index (χ2v) is 6.10. The molecule has 0 spiro atoms. The molecule has 6 heteroatoms. The Bertz CT molecular complexity index is 660. The summed E-state index contributed by atoms with van der Waals surface area (Å²) in [7, 11) is 0. The van der Waals surface area contributed by atoms with Crippen LogP contribution in [0.15, 0.2) is 34.9 Å². The van der Waals surface area contributed by atoms with Crippen molar-refractivity contribution in [3.8, 4) is 0 Å². The number of carbonyl (C=O) groups excluding carboxylic acids is 1. The van der Waals surface area contributed by atoms with Gasteiger partial charge in [-0.1, -0.05) is 35.0 Å². The predicted molar refractivity (Wildman–Crippen MR) is 87.4 cm³/mol. The minimum Gasteiger partial charge on any atom is -0.381 e. The molecule has 1 aromatic carbocycles. The average Bonchev–Trinajstić information content (AvgIpc) is 3.26. The van der Waals surface area contributed by atoms with Gasteiger partial charge in [0, 0.05) is 25.1 Å². The first-order valence-electron chi connectivity index (χ1n) is 8.15. The van der Waals surface area contributed by atoms with Crippen LogP contribution in [-0.2, 0) is 22.7 Å². The molecule has 1 saturated heterocycles. The highest BCUT2D eigenvalue weighted by Gasteiger charge is 2.18. The van der Waals surface area contributed by atoms with E-state index in [1.165, 1.54) is 5.56 Å². The largest absolute Gasteiger partial charge is 0.381 e. The number of nitrogens with one attached hydrogen (secondary N) is 1. The van der Waals surface area contributed by atoms with E-state index in [4.69, 9.17) is 14.0 Å². The molecule has 6 nitrogen and oxygen atoms in total. The minimum atomic E-state index is -0.226. The van der Waals surface area contributed by atoms with Crippen molar-refractivity contribution in [2.45, 2.75) is 26.6 Å². The van der Waals surface area contributed by atoms with Gasteiger partial charge in [-0.15, -0.1) is 0 Å². The number of nitrogens with zero attached hydrogens (tertiary/aromatic N) is 1.